The number of aliphatic carboxylic acids is 1. The van der Waals surface area contributed by atoms with Crippen molar-refractivity contribution in [1.82, 2.24) is 10.6 Å². The van der Waals surface area contributed by atoms with Gasteiger partial charge in [0, 0.05) is 32.4 Å². The van der Waals surface area contributed by atoms with Gasteiger partial charge in [-0.1, -0.05) is 6.92 Å². The quantitative estimate of drug-likeness (QED) is 0.291. The summed E-state index contributed by atoms with van der Waals surface area (Å²) < 4.78 is 11.2. The maximum atomic E-state index is 11.6. The number of carbonyl (C=O) groups is 3. The summed E-state index contributed by atoms with van der Waals surface area (Å²) in [5, 5.41) is 33.7. The van der Waals surface area contributed by atoms with Gasteiger partial charge >= 0.3 is 5.97 Å². The first-order valence-corrected chi connectivity index (χ1v) is 8.58. The number of carboxylic acid groups (broad SMARTS) is 1. The Kier molecular flexibility index (Phi) is 9.49. The van der Waals surface area contributed by atoms with Crippen molar-refractivity contribution in [3.05, 3.63) is 0 Å². The van der Waals surface area contributed by atoms with Crippen molar-refractivity contribution in [2.45, 2.75) is 57.7 Å². The van der Waals surface area contributed by atoms with Crippen LogP contribution in [-0.4, -0.2) is 77.4 Å². The van der Waals surface area contributed by atoms with Crippen LogP contribution in [0.25, 0.3) is 0 Å². The molecule has 0 saturated carbocycles. The van der Waals surface area contributed by atoms with Crippen LogP contribution in [0.4, 0.5) is 0 Å². The summed E-state index contributed by atoms with van der Waals surface area (Å²) in [6.07, 6.45) is -2.90. The van der Waals surface area contributed by atoms with E-state index in [0.717, 1.165) is 0 Å². The zero-order valence-corrected chi connectivity index (χ0v) is 15.0. The third kappa shape index (κ3) is 7.65. The fourth-order valence-corrected chi connectivity index (χ4v) is 2.49. The molecule has 1 fully saturated rings. The number of ether oxygens (including phenoxy) is 2. The maximum absolute atomic E-state index is 11.6. The molecule has 0 aliphatic carbocycles. The molecule has 0 radical (unpaired) electrons. The Morgan fingerprint density at radius 1 is 1.12 bits per heavy atom. The van der Waals surface area contributed by atoms with Gasteiger partial charge in [0.15, 0.2) is 6.29 Å². The van der Waals surface area contributed by atoms with Crippen molar-refractivity contribution in [1.29, 1.82) is 0 Å². The highest BCUT2D eigenvalue weighted by molar-refractivity contribution is 5.83. The van der Waals surface area contributed by atoms with Gasteiger partial charge in [0.2, 0.25) is 11.8 Å². The normalized spacial score (nSPS) is 28.4. The molecule has 1 saturated heterocycles. The average Bonchev–Trinajstić information content (AvgIpc) is 2.58. The molecule has 1 rings (SSSR count). The highest BCUT2D eigenvalue weighted by Crippen LogP contribution is 2.26. The van der Waals surface area contributed by atoms with E-state index in [1.165, 1.54) is 6.92 Å². The molecule has 0 spiro atoms. The van der Waals surface area contributed by atoms with Crippen LogP contribution >= 0.6 is 0 Å². The lowest BCUT2D eigenvalue weighted by Gasteiger charge is -2.41. The molecule has 150 valence electrons. The zero-order valence-electron chi connectivity index (χ0n) is 15.0. The van der Waals surface area contributed by atoms with E-state index in [1.54, 1.807) is 6.92 Å². The number of carboxylic acids is 1. The molecule has 1 heterocycles. The fourth-order valence-electron chi connectivity index (χ4n) is 2.49. The number of amides is 2. The number of unbranched alkanes of at least 4 members (excludes halogenated alkanes) is 1. The minimum atomic E-state index is -1.20. The molecule has 2 amide bonds. The molecule has 0 aromatic heterocycles. The van der Waals surface area contributed by atoms with E-state index in [9.17, 15) is 24.6 Å². The summed E-state index contributed by atoms with van der Waals surface area (Å²) in [4.78, 5) is 32.9. The van der Waals surface area contributed by atoms with Gasteiger partial charge in [-0.25, -0.2) is 0 Å². The molecular formula is C16H28N2O8. The molecule has 5 atom stereocenters. The molecular weight excluding hydrogens is 348 g/mol. The van der Waals surface area contributed by atoms with E-state index in [2.05, 4.69) is 10.6 Å². The predicted molar refractivity (Wildman–Crippen MR) is 89.0 cm³/mol. The topological polar surface area (TPSA) is 154 Å². The minimum Gasteiger partial charge on any atom is -0.481 e. The van der Waals surface area contributed by atoms with Crippen molar-refractivity contribution in [2.24, 2.45) is 5.92 Å². The highest BCUT2D eigenvalue weighted by Gasteiger charge is 2.42. The Morgan fingerprint density at radius 3 is 2.42 bits per heavy atom. The first-order valence-electron chi connectivity index (χ1n) is 8.58. The van der Waals surface area contributed by atoms with E-state index in [0.29, 0.717) is 12.8 Å². The molecule has 1 aliphatic heterocycles. The lowest BCUT2D eigenvalue weighted by atomic mass is 9.92. The minimum absolute atomic E-state index is 0.0503. The Labute approximate surface area is 151 Å². The predicted octanol–water partition coefficient (Wildman–Crippen LogP) is -1.41. The van der Waals surface area contributed by atoms with Gasteiger partial charge in [-0.2, -0.15) is 0 Å². The number of carbonyl (C=O) groups excluding carboxylic acids is 2. The van der Waals surface area contributed by atoms with E-state index in [4.69, 9.17) is 14.6 Å². The maximum Gasteiger partial charge on any atom is 0.303 e. The summed E-state index contributed by atoms with van der Waals surface area (Å²) in [6, 6.07) is 0. The Morgan fingerprint density at radius 2 is 1.81 bits per heavy atom. The lowest BCUT2D eigenvalue weighted by Crippen LogP contribution is -2.57. The average molecular weight is 376 g/mol. The summed E-state index contributed by atoms with van der Waals surface area (Å²) in [6.45, 7) is 2.97. The summed E-state index contributed by atoms with van der Waals surface area (Å²) >= 11 is 0. The first kappa shape index (κ1) is 22.3. The third-order valence-corrected chi connectivity index (χ3v) is 4.07. The number of aliphatic hydroxyl groups is 2. The van der Waals surface area contributed by atoms with Crippen LogP contribution < -0.4 is 10.6 Å². The van der Waals surface area contributed by atoms with Gasteiger partial charge in [-0.05, 0) is 12.8 Å². The van der Waals surface area contributed by atoms with Gasteiger partial charge in [0.25, 0.3) is 0 Å². The third-order valence-electron chi connectivity index (χ3n) is 4.07. The van der Waals surface area contributed by atoms with Gasteiger partial charge in [-0.3, -0.25) is 14.4 Å². The van der Waals surface area contributed by atoms with Crippen LogP contribution in [0, 0.1) is 5.92 Å². The van der Waals surface area contributed by atoms with E-state index >= 15 is 0 Å². The Hall–Kier alpha value is -1.75. The van der Waals surface area contributed by atoms with Crippen LogP contribution in [0.3, 0.4) is 0 Å². The van der Waals surface area contributed by atoms with E-state index < -0.39 is 42.4 Å². The van der Waals surface area contributed by atoms with Crippen molar-refractivity contribution in [3.63, 3.8) is 0 Å². The van der Waals surface area contributed by atoms with Crippen LogP contribution in [0.5, 0.6) is 0 Å². The molecule has 5 N–H and O–H groups in total. The molecule has 10 heteroatoms. The van der Waals surface area contributed by atoms with Gasteiger partial charge in [0.05, 0.1) is 12.6 Å². The highest BCUT2D eigenvalue weighted by atomic mass is 16.7. The van der Waals surface area contributed by atoms with Crippen molar-refractivity contribution in [2.75, 3.05) is 19.7 Å². The van der Waals surface area contributed by atoms with E-state index in [-0.39, 0.29) is 32.0 Å². The second kappa shape index (κ2) is 11.1. The second-order valence-corrected chi connectivity index (χ2v) is 6.32. The fraction of sp³-hybridized carbons (Fsp3) is 0.812. The van der Waals surface area contributed by atoms with Crippen molar-refractivity contribution < 1.29 is 39.2 Å². The molecule has 0 bridgehead atoms. The van der Waals surface area contributed by atoms with Crippen molar-refractivity contribution in [3.8, 4) is 0 Å². The molecule has 5 unspecified atom stereocenters. The molecule has 26 heavy (non-hydrogen) atoms. The van der Waals surface area contributed by atoms with E-state index in [1.807, 2.05) is 0 Å². The largest absolute Gasteiger partial charge is 0.481 e. The summed E-state index contributed by atoms with van der Waals surface area (Å²) in [5.41, 5.74) is 0. The molecule has 1 aliphatic rings. The molecule has 0 aromatic rings. The lowest BCUT2D eigenvalue weighted by molar-refractivity contribution is -0.275. The van der Waals surface area contributed by atoms with Gasteiger partial charge in [0.1, 0.15) is 12.2 Å². The number of hydrogen-bond acceptors (Lipinski definition) is 7. The monoisotopic (exact) mass is 376 g/mol. The van der Waals surface area contributed by atoms with Gasteiger partial charge < -0.3 is 35.4 Å². The smallest absolute Gasteiger partial charge is 0.303 e. The van der Waals surface area contributed by atoms with Gasteiger partial charge in [-0.15, -0.1) is 0 Å². The number of hydrogen-bond donors (Lipinski definition) is 5. The Bertz CT molecular complexity index is 487. The van der Waals surface area contributed by atoms with Crippen molar-refractivity contribution >= 4 is 17.8 Å². The van der Waals surface area contributed by atoms with Crippen LogP contribution in [0.2, 0.25) is 0 Å². The van der Waals surface area contributed by atoms with Crippen LogP contribution in [0.15, 0.2) is 0 Å². The van der Waals surface area contributed by atoms with Crippen LogP contribution in [-0.2, 0) is 23.9 Å². The standard InChI is InChI=1S/C16H28N2O8/c1-9-14(23)15(24)11(7-18-12(20)8-17-10(2)19)26-16(9)25-6-4-3-5-13(21)22/h9,11,14-16,23-24H,3-8H2,1-2H3,(H,17,19)(H,18,20)(H,21,22). The summed E-state index contributed by atoms with van der Waals surface area (Å²) in [7, 11) is 0. The molecule has 10 nitrogen and oxygen atoms in total. The number of rotatable bonds is 10. The summed E-state index contributed by atoms with van der Waals surface area (Å²) in [5.74, 6) is -2.15. The SMILES string of the molecule is CC(=O)NCC(=O)NCC1OC(OCCCCC(=O)O)C(C)C(O)C1O. The first-order chi connectivity index (χ1) is 12.2. The van der Waals surface area contributed by atoms with Crippen LogP contribution in [0.1, 0.15) is 33.1 Å². The molecule has 0 aromatic carbocycles. The zero-order chi connectivity index (χ0) is 19.7. The number of nitrogens with one attached hydrogen (secondary N) is 2. The second-order valence-electron chi connectivity index (χ2n) is 6.32. The number of aliphatic hydroxyl groups excluding tert-OH is 2. The Balaban J connectivity index is 2.44.